The molecule has 2 heterocycles. The molecule has 0 saturated carbocycles. The molecule has 0 amide bonds. The van der Waals surface area contributed by atoms with Gasteiger partial charge in [0.2, 0.25) is 0 Å². The molecule has 0 fully saturated rings. The second-order valence-electron chi connectivity index (χ2n) is 6.97. The van der Waals surface area contributed by atoms with Gasteiger partial charge in [0, 0.05) is 36.4 Å². The van der Waals surface area contributed by atoms with Crippen LogP contribution < -0.4 is 4.90 Å². The van der Waals surface area contributed by atoms with Gasteiger partial charge in [0.1, 0.15) is 5.69 Å². The molecule has 4 rings (SSSR count). The van der Waals surface area contributed by atoms with Crippen molar-refractivity contribution in [1.82, 2.24) is 15.0 Å². The molecule has 0 N–H and O–H groups in total. The summed E-state index contributed by atoms with van der Waals surface area (Å²) in [6.07, 6.45) is 1.10. The first kappa shape index (κ1) is 15.9. The van der Waals surface area contributed by atoms with Gasteiger partial charge in [-0.3, -0.25) is 0 Å². The summed E-state index contributed by atoms with van der Waals surface area (Å²) in [4.78, 5) is 2.51. The predicted octanol–water partition coefficient (Wildman–Crippen LogP) is 4.58. The van der Waals surface area contributed by atoms with E-state index in [9.17, 15) is 0 Å². The fourth-order valence-electron chi connectivity index (χ4n) is 3.69. The van der Waals surface area contributed by atoms with Crippen LogP contribution in [0.2, 0.25) is 0 Å². The van der Waals surface area contributed by atoms with Gasteiger partial charge >= 0.3 is 0 Å². The molecule has 1 aromatic heterocycles. The minimum atomic E-state index is 0.451. The highest BCUT2D eigenvalue weighted by Gasteiger charge is 2.27. The lowest BCUT2D eigenvalue weighted by molar-refractivity contribution is 0.614. The normalized spacial score (nSPS) is 14.2. The Balaban J connectivity index is 2.06. The number of aryl methyl sites for hydroxylation is 2. The van der Waals surface area contributed by atoms with Crippen molar-refractivity contribution in [3.63, 3.8) is 0 Å². The second kappa shape index (κ2) is 6.03. The van der Waals surface area contributed by atoms with Crippen LogP contribution in [0.3, 0.4) is 0 Å². The molecule has 3 aromatic rings. The van der Waals surface area contributed by atoms with Crippen LogP contribution in [-0.2, 0) is 13.6 Å². The van der Waals surface area contributed by atoms with Crippen LogP contribution in [0.15, 0.2) is 42.5 Å². The molecule has 1 aliphatic heterocycles. The van der Waals surface area contributed by atoms with Crippen molar-refractivity contribution in [2.45, 2.75) is 39.8 Å². The summed E-state index contributed by atoms with van der Waals surface area (Å²) in [7, 11) is 1.98. The maximum absolute atomic E-state index is 4.53. The summed E-state index contributed by atoms with van der Waals surface area (Å²) < 4.78 is 1.90. The Bertz CT molecular complexity index is 925. The molecule has 0 radical (unpaired) electrons. The van der Waals surface area contributed by atoms with E-state index in [4.69, 9.17) is 0 Å². The quantitative estimate of drug-likeness (QED) is 0.689. The van der Waals surface area contributed by atoms with Crippen molar-refractivity contribution in [1.29, 1.82) is 0 Å². The van der Waals surface area contributed by atoms with Gasteiger partial charge in [-0.1, -0.05) is 48.5 Å². The Hall–Kier alpha value is -2.62. The number of hydrogen-bond acceptors (Lipinski definition) is 3. The monoisotopic (exact) mass is 332 g/mol. The van der Waals surface area contributed by atoms with Gasteiger partial charge in [-0.15, -0.1) is 5.10 Å². The molecule has 0 aliphatic carbocycles. The number of rotatable bonds is 2. The third-order valence-electron chi connectivity index (χ3n) is 5.28. The van der Waals surface area contributed by atoms with Crippen molar-refractivity contribution in [3.8, 4) is 22.5 Å². The number of anilines is 1. The molecule has 4 heteroatoms. The SMILES string of the molecule is CCC(C)N1Cc2ccccc2-c2c(nnn2C)-c2ccc(C)cc21. The highest BCUT2D eigenvalue weighted by atomic mass is 15.4. The molecule has 128 valence electrons. The predicted molar refractivity (Wildman–Crippen MR) is 103 cm³/mol. The number of aromatic nitrogens is 3. The molecule has 25 heavy (non-hydrogen) atoms. The summed E-state index contributed by atoms with van der Waals surface area (Å²) in [6.45, 7) is 7.60. The van der Waals surface area contributed by atoms with E-state index >= 15 is 0 Å². The van der Waals surface area contributed by atoms with Gasteiger partial charge in [-0.2, -0.15) is 0 Å². The number of hydrogen-bond donors (Lipinski definition) is 0. The third-order valence-corrected chi connectivity index (χ3v) is 5.28. The Morgan fingerprint density at radius 3 is 2.72 bits per heavy atom. The van der Waals surface area contributed by atoms with E-state index in [0.29, 0.717) is 6.04 Å². The molecule has 1 unspecified atom stereocenters. The highest BCUT2D eigenvalue weighted by Crippen LogP contribution is 2.41. The van der Waals surface area contributed by atoms with E-state index in [-0.39, 0.29) is 0 Å². The van der Waals surface area contributed by atoms with Gasteiger partial charge in [-0.25, -0.2) is 4.68 Å². The molecular formula is C21H24N4. The van der Waals surface area contributed by atoms with Gasteiger partial charge in [0.25, 0.3) is 0 Å². The average Bonchev–Trinajstić information content (AvgIpc) is 2.99. The minimum absolute atomic E-state index is 0.451. The van der Waals surface area contributed by atoms with Crippen LogP contribution in [0.1, 0.15) is 31.4 Å². The van der Waals surface area contributed by atoms with Crippen LogP contribution in [0.25, 0.3) is 22.5 Å². The Kier molecular flexibility index (Phi) is 3.83. The molecule has 4 nitrogen and oxygen atoms in total. The Morgan fingerprint density at radius 1 is 1.12 bits per heavy atom. The van der Waals surface area contributed by atoms with Crippen molar-refractivity contribution in [2.75, 3.05) is 4.90 Å². The average molecular weight is 332 g/mol. The summed E-state index contributed by atoms with van der Waals surface area (Å²) in [6, 6.07) is 15.7. The van der Waals surface area contributed by atoms with Crippen molar-refractivity contribution in [3.05, 3.63) is 53.6 Å². The number of fused-ring (bicyclic) bond motifs is 5. The fourth-order valence-corrected chi connectivity index (χ4v) is 3.69. The van der Waals surface area contributed by atoms with Gasteiger partial charge < -0.3 is 4.90 Å². The topological polar surface area (TPSA) is 34.0 Å². The first-order valence-electron chi connectivity index (χ1n) is 8.95. The largest absolute Gasteiger partial charge is 0.364 e. The van der Waals surface area contributed by atoms with Gasteiger partial charge in [0.15, 0.2) is 0 Å². The van der Waals surface area contributed by atoms with Crippen molar-refractivity contribution >= 4 is 5.69 Å². The maximum atomic E-state index is 4.53. The van der Waals surface area contributed by atoms with Crippen LogP contribution in [0, 0.1) is 6.92 Å². The van der Waals surface area contributed by atoms with Crippen molar-refractivity contribution in [2.24, 2.45) is 7.05 Å². The van der Waals surface area contributed by atoms with E-state index in [1.165, 1.54) is 27.9 Å². The minimum Gasteiger partial charge on any atom is -0.364 e. The van der Waals surface area contributed by atoms with E-state index in [1.807, 2.05) is 11.7 Å². The van der Waals surface area contributed by atoms with Gasteiger partial charge in [0.05, 0.1) is 5.69 Å². The van der Waals surface area contributed by atoms with E-state index in [0.717, 1.165) is 24.4 Å². The summed E-state index contributed by atoms with van der Waals surface area (Å²) >= 11 is 0. The molecule has 2 aromatic carbocycles. The fraction of sp³-hybridized carbons (Fsp3) is 0.333. The van der Waals surface area contributed by atoms with Crippen LogP contribution >= 0.6 is 0 Å². The lowest BCUT2D eigenvalue weighted by Crippen LogP contribution is -2.33. The lowest BCUT2D eigenvalue weighted by Gasteiger charge is -2.34. The van der Waals surface area contributed by atoms with Crippen LogP contribution in [0.4, 0.5) is 5.69 Å². The van der Waals surface area contributed by atoms with Crippen LogP contribution in [0.5, 0.6) is 0 Å². The first-order chi connectivity index (χ1) is 12.1. The second-order valence-corrected chi connectivity index (χ2v) is 6.97. The Labute approximate surface area is 149 Å². The smallest absolute Gasteiger partial charge is 0.123 e. The molecular weight excluding hydrogens is 308 g/mol. The highest BCUT2D eigenvalue weighted by molar-refractivity contribution is 5.88. The number of nitrogens with zero attached hydrogens (tertiary/aromatic N) is 4. The zero-order valence-electron chi connectivity index (χ0n) is 15.3. The van der Waals surface area contributed by atoms with E-state index in [2.05, 4.69) is 78.4 Å². The lowest BCUT2D eigenvalue weighted by atomic mass is 9.94. The Morgan fingerprint density at radius 2 is 1.92 bits per heavy atom. The van der Waals surface area contributed by atoms with Gasteiger partial charge in [-0.05, 0) is 37.5 Å². The standard InChI is InChI=1S/C21H24N4/c1-5-15(3)25-13-16-8-6-7-9-17(16)21-20(22-23-24(21)4)18-11-10-14(2)12-19(18)25/h6-12,15H,5,13H2,1-4H3. The summed E-state index contributed by atoms with van der Waals surface area (Å²) in [5.41, 5.74) is 8.31. The molecule has 1 aliphatic rings. The summed E-state index contributed by atoms with van der Waals surface area (Å²) in [5.74, 6) is 0. The molecule has 1 atom stereocenters. The maximum Gasteiger partial charge on any atom is 0.123 e. The number of benzene rings is 2. The van der Waals surface area contributed by atoms with Crippen LogP contribution in [-0.4, -0.2) is 21.0 Å². The molecule has 0 spiro atoms. The molecule has 0 bridgehead atoms. The first-order valence-corrected chi connectivity index (χ1v) is 8.95. The summed E-state index contributed by atoms with van der Waals surface area (Å²) in [5, 5.41) is 8.87. The van der Waals surface area contributed by atoms with Crippen molar-refractivity contribution < 1.29 is 0 Å². The van der Waals surface area contributed by atoms with E-state index < -0.39 is 0 Å². The van der Waals surface area contributed by atoms with E-state index in [1.54, 1.807) is 0 Å². The molecule has 0 saturated heterocycles. The third kappa shape index (κ3) is 2.53. The zero-order chi connectivity index (χ0) is 17.6. The zero-order valence-corrected chi connectivity index (χ0v) is 15.3.